The van der Waals surface area contributed by atoms with Crippen LogP contribution in [0.1, 0.15) is 0 Å². The van der Waals surface area contributed by atoms with Crippen molar-refractivity contribution in [2.24, 2.45) is 0 Å². The van der Waals surface area contributed by atoms with E-state index in [9.17, 15) is 0 Å². The van der Waals surface area contributed by atoms with Crippen LogP contribution in [-0.2, 0) is 17.1 Å². The van der Waals surface area contributed by atoms with Gasteiger partial charge in [0.1, 0.15) is 0 Å². The molecule has 0 rings (SSSR count). The van der Waals surface area contributed by atoms with Crippen LogP contribution >= 0.6 is 0 Å². The van der Waals surface area contributed by atoms with Gasteiger partial charge in [-0.05, 0) is 0 Å². The van der Waals surface area contributed by atoms with Gasteiger partial charge in [0, 0.05) is 54.4 Å². The van der Waals surface area contributed by atoms with Crippen molar-refractivity contribution in [2.75, 3.05) is 0 Å². The van der Waals surface area contributed by atoms with Crippen LogP contribution in [0.15, 0.2) is 0 Å². The Hall–Kier alpha value is 1.65. The number of hydrogen-bond donors (Lipinski definition) is 0. The second-order valence-corrected chi connectivity index (χ2v) is 0. The maximum atomic E-state index is 0. The summed E-state index contributed by atoms with van der Waals surface area (Å²) in [5.74, 6) is 0. The fourth-order valence-corrected chi connectivity index (χ4v) is 0. The minimum Gasteiger partial charge on any atom is -0.412 e. The molecule has 0 atom stereocenters. The predicted molar refractivity (Wildman–Crippen MR) is 10.8 cm³/mol. The van der Waals surface area contributed by atoms with Crippen molar-refractivity contribution in [2.45, 2.75) is 0 Å². The molecule has 44 valence electrons. The van der Waals surface area contributed by atoms with Crippen LogP contribution in [0.4, 0.5) is 0 Å². The van der Waals surface area contributed by atoms with Crippen LogP contribution in [0.25, 0.3) is 0 Å². The van der Waals surface area contributed by atoms with Crippen molar-refractivity contribution in [1.82, 2.24) is 0 Å². The van der Waals surface area contributed by atoms with Crippen molar-refractivity contribution >= 4 is 0 Å². The molecule has 0 aromatic carbocycles. The molecule has 0 aliphatic rings. The average molecular weight is 277 g/mol. The van der Waals surface area contributed by atoms with Crippen LogP contribution in [0, 0.1) is 37.3 Å². The average Bonchev–Trinajstić information content (AvgIpc) is 0. The largest absolute Gasteiger partial charge is 0.412 e. The molecule has 0 aromatic heterocycles. The van der Waals surface area contributed by atoms with E-state index in [0.29, 0.717) is 0 Å². The molecule has 0 aromatic rings. The second kappa shape index (κ2) is 45.0. The zero-order valence-corrected chi connectivity index (χ0v) is 5.10. The summed E-state index contributed by atoms with van der Waals surface area (Å²) >= 11 is 0. The summed E-state index contributed by atoms with van der Waals surface area (Å²) in [6, 6.07) is 0. The van der Waals surface area contributed by atoms with E-state index in [1.807, 2.05) is 0 Å². The van der Waals surface area contributed by atoms with Crippen molar-refractivity contribution in [3.63, 3.8) is 0 Å². The molecule has 0 saturated carbocycles. The van der Waals surface area contributed by atoms with E-state index < -0.39 is 0 Å². The molecule has 0 aliphatic heterocycles. The van der Waals surface area contributed by atoms with Gasteiger partial charge < -0.3 is 16.4 Å². The van der Waals surface area contributed by atoms with Crippen LogP contribution < -0.4 is 0 Å². The van der Waals surface area contributed by atoms with Crippen molar-refractivity contribution in [3.8, 4) is 0 Å². The van der Waals surface area contributed by atoms with Gasteiger partial charge in [-0.15, -0.1) is 0 Å². The molecule has 6 N–H and O–H groups in total. The smallest absolute Gasteiger partial charge is 0 e. The van der Waals surface area contributed by atoms with E-state index in [1.165, 1.54) is 0 Å². The third-order valence-corrected chi connectivity index (χ3v) is 0. The first-order chi connectivity index (χ1) is 0. The van der Waals surface area contributed by atoms with Crippen LogP contribution in [0.2, 0.25) is 0 Å². The van der Waals surface area contributed by atoms with Gasteiger partial charge in [0.05, 0.1) is 0 Å². The molecular formula is H6ErFeO3. The molecule has 5 heavy (non-hydrogen) atoms. The molecule has 0 unspecified atom stereocenters. The third-order valence-electron chi connectivity index (χ3n) is 0. The molecule has 0 spiro atoms. The predicted octanol–water partition coefficient (Wildman–Crippen LogP) is -2.48. The molecular weight excluding hydrogens is 271 g/mol. The maximum Gasteiger partial charge on any atom is 0 e. The van der Waals surface area contributed by atoms with Gasteiger partial charge in [-0.2, -0.15) is 0 Å². The first-order valence-corrected chi connectivity index (χ1v) is 0. The van der Waals surface area contributed by atoms with Gasteiger partial charge in [-0.25, -0.2) is 0 Å². The maximum absolute atomic E-state index is 0. The van der Waals surface area contributed by atoms with Gasteiger partial charge in [0.2, 0.25) is 0 Å². The standard InChI is InChI=1S/Er.Fe.3H2O/h;;3*1H2. The Balaban J connectivity index is 0. The molecule has 0 radical (unpaired) electrons. The van der Waals surface area contributed by atoms with Gasteiger partial charge in [-0.3, -0.25) is 0 Å². The molecule has 0 saturated heterocycles. The normalized spacial score (nSPS) is 0. The third kappa shape index (κ3) is 27.7. The second-order valence-electron chi connectivity index (χ2n) is 0. The van der Waals surface area contributed by atoms with Crippen LogP contribution in [-0.4, -0.2) is 16.4 Å². The Morgan fingerprint density at radius 2 is 0.600 bits per heavy atom. The minimum atomic E-state index is 0. The van der Waals surface area contributed by atoms with E-state index >= 15 is 0 Å². The summed E-state index contributed by atoms with van der Waals surface area (Å²) in [7, 11) is 0. The number of hydrogen-bond acceptors (Lipinski definition) is 0. The molecule has 3 nitrogen and oxygen atoms in total. The molecule has 0 heterocycles. The topological polar surface area (TPSA) is 94.5 Å². The Kier molecular flexibility index (Phi) is 703. The number of rotatable bonds is 0. The van der Waals surface area contributed by atoms with Crippen LogP contribution in [0.5, 0.6) is 0 Å². The van der Waals surface area contributed by atoms with E-state index in [2.05, 4.69) is 0 Å². The fourth-order valence-electron chi connectivity index (χ4n) is 0. The molecule has 0 fully saturated rings. The fraction of sp³-hybridized carbons (Fsp3) is 0. The SMILES string of the molecule is O.O.O.[Er].[Fe]. The summed E-state index contributed by atoms with van der Waals surface area (Å²) in [5, 5.41) is 0. The van der Waals surface area contributed by atoms with Crippen molar-refractivity contribution in [3.05, 3.63) is 0 Å². The first kappa shape index (κ1) is 78.2. The minimum absolute atomic E-state index is 0. The summed E-state index contributed by atoms with van der Waals surface area (Å²) < 4.78 is 0. The Morgan fingerprint density at radius 3 is 0.600 bits per heavy atom. The summed E-state index contributed by atoms with van der Waals surface area (Å²) in [6.07, 6.45) is 0. The van der Waals surface area contributed by atoms with E-state index in [0.717, 1.165) is 0 Å². The van der Waals surface area contributed by atoms with Gasteiger partial charge in [-0.1, -0.05) is 0 Å². The Morgan fingerprint density at radius 1 is 0.600 bits per heavy atom. The van der Waals surface area contributed by atoms with Gasteiger partial charge >= 0.3 is 0 Å². The van der Waals surface area contributed by atoms with Gasteiger partial charge in [0.15, 0.2) is 0 Å². The quantitative estimate of drug-likeness (QED) is 0.439. The van der Waals surface area contributed by atoms with E-state index in [-0.39, 0.29) is 70.8 Å². The monoisotopic (exact) mass is 276 g/mol. The molecule has 5 heteroatoms. The van der Waals surface area contributed by atoms with Crippen molar-refractivity contribution in [1.29, 1.82) is 0 Å². The zero-order valence-electron chi connectivity index (χ0n) is 2.14. The zero-order chi connectivity index (χ0) is 0. The first-order valence-electron chi connectivity index (χ1n) is 0. The van der Waals surface area contributed by atoms with E-state index in [1.54, 1.807) is 0 Å². The van der Waals surface area contributed by atoms with Crippen LogP contribution in [0.3, 0.4) is 0 Å². The summed E-state index contributed by atoms with van der Waals surface area (Å²) in [4.78, 5) is 0. The van der Waals surface area contributed by atoms with Crippen molar-refractivity contribution < 1.29 is 70.8 Å². The molecule has 0 bridgehead atoms. The van der Waals surface area contributed by atoms with E-state index in [4.69, 9.17) is 0 Å². The molecule has 0 amide bonds. The Labute approximate surface area is 70.1 Å². The Bertz CT molecular complexity index is 6.85. The van der Waals surface area contributed by atoms with Gasteiger partial charge in [0.25, 0.3) is 0 Å². The summed E-state index contributed by atoms with van der Waals surface area (Å²) in [5.41, 5.74) is 0. The summed E-state index contributed by atoms with van der Waals surface area (Å²) in [6.45, 7) is 0. The molecule has 0 aliphatic carbocycles.